The molecule has 0 bridgehead atoms. The molecule has 2 amide bonds. The van der Waals surface area contributed by atoms with Crippen molar-refractivity contribution in [3.05, 3.63) is 83.6 Å². The molecule has 0 aromatic heterocycles. The third kappa shape index (κ3) is 4.49. The molecule has 0 saturated carbocycles. The van der Waals surface area contributed by atoms with Crippen molar-refractivity contribution in [2.75, 3.05) is 17.2 Å². The molecule has 164 valence electrons. The number of benzene rings is 2. The molecule has 1 unspecified atom stereocenters. The van der Waals surface area contributed by atoms with Crippen LogP contribution in [0.1, 0.15) is 19.3 Å². The zero-order valence-corrected chi connectivity index (χ0v) is 17.6. The van der Waals surface area contributed by atoms with Crippen LogP contribution < -0.4 is 27.4 Å². The lowest BCUT2D eigenvalue weighted by Gasteiger charge is -2.41. The van der Waals surface area contributed by atoms with Gasteiger partial charge >= 0.3 is 0 Å². The first-order valence-electron chi connectivity index (χ1n) is 10.5. The molecular formula is C24H26N6O2. The van der Waals surface area contributed by atoms with Crippen molar-refractivity contribution < 1.29 is 9.59 Å². The van der Waals surface area contributed by atoms with Crippen molar-refractivity contribution in [1.29, 1.82) is 0 Å². The van der Waals surface area contributed by atoms with Gasteiger partial charge in [0.05, 0.1) is 11.1 Å². The second-order valence-corrected chi connectivity index (χ2v) is 7.88. The van der Waals surface area contributed by atoms with Crippen LogP contribution in [0.2, 0.25) is 0 Å². The fourth-order valence-electron chi connectivity index (χ4n) is 4.13. The molecule has 32 heavy (non-hydrogen) atoms. The molecule has 0 fully saturated rings. The number of nitrogens with one attached hydrogen (secondary N) is 3. The number of imide groups is 1. The lowest BCUT2D eigenvalue weighted by Crippen LogP contribution is -2.45. The summed E-state index contributed by atoms with van der Waals surface area (Å²) in [5.41, 5.74) is 13.8. The predicted molar refractivity (Wildman–Crippen MR) is 126 cm³/mol. The molecule has 0 spiro atoms. The first-order valence-corrected chi connectivity index (χ1v) is 10.5. The third-order valence-electron chi connectivity index (χ3n) is 5.62. The summed E-state index contributed by atoms with van der Waals surface area (Å²) >= 11 is 0. The van der Waals surface area contributed by atoms with E-state index in [0.29, 0.717) is 37.0 Å². The van der Waals surface area contributed by atoms with Crippen molar-refractivity contribution in [2.45, 2.75) is 24.8 Å². The number of amides is 2. The van der Waals surface area contributed by atoms with Gasteiger partial charge in [0.25, 0.3) is 11.8 Å². The number of hydrogen-bond acceptors (Lipinski definition) is 5. The minimum atomic E-state index is -0.670. The average Bonchev–Trinajstić information content (AvgIpc) is 3.05. The summed E-state index contributed by atoms with van der Waals surface area (Å²) in [6.07, 6.45) is 3.43. The summed E-state index contributed by atoms with van der Waals surface area (Å²) in [7, 11) is 0. The van der Waals surface area contributed by atoms with Gasteiger partial charge in [-0.1, -0.05) is 36.4 Å². The standard InChI is InChI=1S/C24H26N6O2/c25-23(26)27-13-7-12-24(30-17-10-5-2-6-11-17)15-19-18(21(31)29-22(19)32)14-20(24)28-16-8-3-1-4-9-16/h1-6,8-11,14,28,30H,7,12-13,15H2,(H4,25,26,27)(H,29,31,32). The minimum Gasteiger partial charge on any atom is -0.374 e. The van der Waals surface area contributed by atoms with E-state index in [9.17, 15) is 9.59 Å². The predicted octanol–water partition coefficient (Wildman–Crippen LogP) is 2.24. The van der Waals surface area contributed by atoms with Crippen molar-refractivity contribution in [2.24, 2.45) is 16.5 Å². The number of hydrogen-bond donors (Lipinski definition) is 5. The van der Waals surface area contributed by atoms with Gasteiger partial charge in [-0.05, 0) is 43.2 Å². The smallest absolute Gasteiger partial charge is 0.258 e. The summed E-state index contributed by atoms with van der Waals surface area (Å²) in [5.74, 6) is -0.669. The number of aliphatic imine (C=N–C) groups is 1. The Labute approximate surface area is 186 Å². The van der Waals surface area contributed by atoms with Crippen molar-refractivity contribution in [1.82, 2.24) is 5.32 Å². The quantitative estimate of drug-likeness (QED) is 0.189. The fourth-order valence-corrected chi connectivity index (χ4v) is 4.13. The zero-order chi connectivity index (χ0) is 22.6. The van der Waals surface area contributed by atoms with E-state index in [0.717, 1.165) is 17.1 Å². The van der Waals surface area contributed by atoms with Gasteiger partial charge in [-0.25, -0.2) is 0 Å². The lowest BCUT2D eigenvalue weighted by atomic mass is 9.77. The van der Waals surface area contributed by atoms with Gasteiger partial charge < -0.3 is 22.1 Å². The Morgan fingerprint density at radius 1 is 0.969 bits per heavy atom. The average molecular weight is 431 g/mol. The van der Waals surface area contributed by atoms with Crippen LogP contribution in [0, 0.1) is 0 Å². The maximum absolute atomic E-state index is 12.5. The molecule has 8 heteroatoms. The normalized spacial score (nSPS) is 19.7. The van der Waals surface area contributed by atoms with E-state index in [-0.39, 0.29) is 17.8 Å². The van der Waals surface area contributed by atoms with E-state index >= 15 is 0 Å². The molecule has 2 aromatic carbocycles. The van der Waals surface area contributed by atoms with Crippen LogP contribution in [-0.2, 0) is 9.59 Å². The molecule has 8 nitrogen and oxygen atoms in total. The fraction of sp³-hybridized carbons (Fsp3) is 0.208. The Balaban J connectivity index is 1.75. The number of nitrogens with two attached hydrogens (primary N) is 2. The molecule has 2 aromatic rings. The Morgan fingerprint density at radius 2 is 1.62 bits per heavy atom. The molecule has 0 saturated heterocycles. The van der Waals surface area contributed by atoms with Crippen LogP contribution in [-0.4, -0.2) is 29.9 Å². The van der Waals surface area contributed by atoms with E-state index in [1.807, 2.05) is 60.7 Å². The molecule has 1 heterocycles. The van der Waals surface area contributed by atoms with Crippen LogP contribution in [0.15, 0.2) is 88.6 Å². The van der Waals surface area contributed by atoms with Crippen molar-refractivity contribution in [3.63, 3.8) is 0 Å². The lowest BCUT2D eigenvalue weighted by molar-refractivity contribution is -0.124. The van der Waals surface area contributed by atoms with Gasteiger partial charge in [-0.3, -0.25) is 19.9 Å². The van der Waals surface area contributed by atoms with E-state index in [4.69, 9.17) is 11.5 Å². The molecule has 0 radical (unpaired) electrons. The topological polar surface area (TPSA) is 135 Å². The van der Waals surface area contributed by atoms with Gasteiger partial charge in [0.15, 0.2) is 5.96 Å². The van der Waals surface area contributed by atoms with Crippen molar-refractivity contribution in [3.8, 4) is 0 Å². The highest BCUT2D eigenvalue weighted by Gasteiger charge is 2.44. The maximum Gasteiger partial charge on any atom is 0.258 e. The number of nitrogens with zero attached hydrogens (tertiary/aromatic N) is 1. The number of rotatable bonds is 8. The monoisotopic (exact) mass is 430 g/mol. The SMILES string of the molecule is NC(N)=NCCCC1(Nc2ccccc2)CC2=C(C=C1Nc1ccccc1)C(=O)NC2=O. The van der Waals surface area contributed by atoms with Crippen LogP contribution in [0.4, 0.5) is 11.4 Å². The molecule has 4 rings (SSSR count). The summed E-state index contributed by atoms with van der Waals surface area (Å²) < 4.78 is 0. The highest BCUT2D eigenvalue weighted by Crippen LogP contribution is 2.41. The second kappa shape index (κ2) is 8.97. The largest absolute Gasteiger partial charge is 0.374 e. The molecule has 7 N–H and O–H groups in total. The van der Waals surface area contributed by atoms with E-state index in [1.54, 1.807) is 6.08 Å². The van der Waals surface area contributed by atoms with Gasteiger partial charge in [0.2, 0.25) is 0 Å². The molecule has 1 atom stereocenters. The van der Waals surface area contributed by atoms with Gasteiger partial charge in [0, 0.05) is 35.6 Å². The van der Waals surface area contributed by atoms with E-state index in [2.05, 4.69) is 20.9 Å². The minimum absolute atomic E-state index is 0.0441. The molecular weight excluding hydrogens is 404 g/mol. The highest BCUT2D eigenvalue weighted by molar-refractivity contribution is 6.21. The molecule has 1 aliphatic carbocycles. The summed E-state index contributed by atoms with van der Waals surface area (Å²) in [5, 5.41) is 9.53. The maximum atomic E-state index is 12.5. The number of guanidine groups is 1. The van der Waals surface area contributed by atoms with Crippen LogP contribution in [0.25, 0.3) is 0 Å². The van der Waals surface area contributed by atoms with Gasteiger partial charge in [0.1, 0.15) is 0 Å². The number of anilines is 2. The first-order chi connectivity index (χ1) is 15.5. The first kappa shape index (κ1) is 21.2. The van der Waals surface area contributed by atoms with Crippen LogP contribution in [0.3, 0.4) is 0 Å². The number of para-hydroxylation sites is 2. The summed E-state index contributed by atoms with van der Waals surface area (Å²) in [4.78, 5) is 29.0. The van der Waals surface area contributed by atoms with Crippen molar-refractivity contribution >= 4 is 29.1 Å². The number of carbonyl (C=O) groups excluding carboxylic acids is 2. The Kier molecular flexibility index (Phi) is 5.93. The van der Waals surface area contributed by atoms with Crippen LogP contribution in [0.5, 0.6) is 0 Å². The van der Waals surface area contributed by atoms with Crippen LogP contribution >= 0.6 is 0 Å². The highest BCUT2D eigenvalue weighted by atomic mass is 16.2. The second-order valence-electron chi connectivity index (χ2n) is 7.88. The van der Waals surface area contributed by atoms with E-state index < -0.39 is 5.54 Å². The summed E-state index contributed by atoms with van der Waals surface area (Å²) in [6, 6.07) is 19.5. The Hall–Kier alpha value is -4.07. The Morgan fingerprint density at radius 3 is 2.28 bits per heavy atom. The summed E-state index contributed by atoms with van der Waals surface area (Å²) in [6.45, 7) is 0.455. The Bertz CT molecular complexity index is 1100. The molecule has 2 aliphatic rings. The van der Waals surface area contributed by atoms with E-state index in [1.165, 1.54) is 0 Å². The molecule has 1 aliphatic heterocycles. The van der Waals surface area contributed by atoms with Gasteiger partial charge in [-0.2, -0.15) is 0 Å². The van der Waals surface area contributed by atoms with Gasteiger partial charge in [-0.15, -0.1) is 0 Å². The zero-order valence-electron chi connectivity index (χ0n) is 17.6. The number of carbonyl (C=O) groups is 2. The third-order valence-corrected chi connectivity index (χ3v) is 5.62.